The van der Waals surface area contributed by atoms with Gasteiger partial charge in [-0.2, -0.15) is 0 Å². The molecule has 1 N–H and O–H groups in total. The van der Waals surface area contributed by atoms with E-state index in [0.717, 1.165) is 4.57 Å². The van der Waals surface area contributed by atoms with E-state index in [1.54, 1.807) is 42.5 Å². The maximum atomic E-state index is 13.3. The number of sulfone groups is 1. The summed E-state index contributed by atoms with van der Waals surface area (Å²) in [6.45, 7) is 0. The molecule has 1 aliphatic rings. The van der Waals surface area contributed by atoms with Gasteiger partial charge in [-0.3, -0.25) is 9.79 Å². The zero-order chi connectivity index (χ0) is 22.2. The summed E-state index contributed by atoms with van der Waals surface area (Å²) < 4.78 is 35.3. The number of aliphatic imine (C=N–C) groups is 1. The van der Waals surface area contributed by atoms with Crippen LogP contribution in [0.1, 0.15) is 12.0 Å². The molecule has 0 bridgehead atoms. The molecule has 4 rings (SSSR count). The van der Waals surface area contributed by atoms with Crippen LogP contribution >= 0.6 is 0 Å². The van der Waals surface area contributed by atoms with Crippen LogP contribution in [0, 0.1) is 0 Å². The lowest BCUT2D eigenvalue weighted by Gasteiger charge is -2.17. The molecule has 162 valence electrons. The van der Waals surface area contributed by atoms with E-state index < -0.39 is 15.4 Å². The molecule has 8 nitrogen and oxygen atoms in total. The first-order valence-electron chi connectivity index (χ1n) is 9.67. The third-order valence-electron chi connectivity index (χ3n) is 5.35. The SMILES string of the molecule is COc1ccc(-n2c(O)c(C=N[C@@H]3CCS(=O)(=O)C3)c3ccccc3c2=O)c(OC)c1. The van der Waals surface area contributed by atoms with Crippen molar-refractivity contribution in [3.8, 4) is 23.1 Å². The van der Waals surface area contributed by atoms with Crippen molar-refractivity contribution < 1.29 is 23.0 Å². The molecule has 0 saturated carbocycles. The van der Waals surface area contributed by atoms with Crippen molar-refractivity contribution in [2.24, 2.45) is 4.99 Å². The zero-order valence-electron chi connectivity index (χ0n) is 17.1. The Morgan fingerprint density at radius 1 is 1.13 bits per heavy atom. The van der Waals surface area contributed by atoms with Crippen molar-refractivity contribution in [2.75, 3.05) is 25.7 Å². The number of benzene rings is 2. The number of fused-ring (bicyclic) bond motifs is 1. The molecule has 2 aromatic carbocycles. The van der Waals surface area contributed by atoms with Crippen LogP contribution < -0.4 is 15.0 Å². The lowest BCUT2D eigenvalue weighted by atomic mass is 10.1. The lowest BCUT2D eigenvalue weighted by Crippen LogP contribution is -2.21. The Bertz CT molecular complexity index is 1340. The van der Waals surface area contributed by atoms with Gasteiger partial charge >= 0.3 is 0 Å². The Hall–Kier alpha value is -3.33. The Kier molecular flexibility index (Phi) is 5.45. The van der Waals surface area contributed by atoms with Crippen molar-refractivity contribution in [3.05, 3.63) is 58.4 Å². The molecule has 9 heteroatoms. The van der Waals surface area contributed by atoms with Crippen LogP contribution in [-0.4, -0.2) is 56.1 Å². The molecule has 1 fully saturated rings. The Morgan fingerprint density at radius 3 is 2.52 bits per heavy atom. The number of rotatable bonds is 5. The molecule has 1 aromatic heterocycles. The van der Waals surface area contributed by atoms with Crippen LogP contribution in [-0.2, 0) is 9.84 Å². The van der Waals surface area contributed by atoms with E-state index in [0.29, 0.717) is 39.9 Å². The van der Waals surface area contributed by atoms with E-state index in [-0.39, 0.29) is 23.4 Å². The minimum atomic E-state index is -3.09. The fourth-order valence-corrected chi connectivity index (χ4v) is 5.39. The number of methoxy groups -OCH3 is 2. The first-order chi connectivity index (χ1) is 14.8. The fourth-order valence-electron chi connectivity index (χ4n) is 3.76. The molecule has 2 heterocycles. The van der Waals surface area contributed by atoms with Gasteiger partial charge in [-0.1, -0.05) is 18.2 Å². The minimum absolute atomic E-state index is 0.0197. The number of nitrogens with zero attached hydrogens (tertiary/aromatic N) is 2. The van der Waals surface area contributed by atoms with Gasteiger partial charge < -0.3 is 14.6 Å². The number of ether oxygens (including phenoxy) is 2. The Balaban J connectivity index is 1.93. The smallest absolute Gasteiger partial charge is 0.265 e. The van der Waals surface area contributed by atoms with Crippen molar-refractivity contribution in [2.45, 2.75) is 12.5 Å². The molecule has 0 spiro atoms. The highest BCUT2D eigenvalue weighted by Crippen LogP contribution is 2.32. The van der Waals surface area contributed by atoms with Crippen molar-refractivity contribution in [1.82, 2.24) is 4.57 Å². The van der Waals surface area contributed by atoms with Gasteiger partial charge in [0.2, 0.25) is 5.88 Å². The average Bonchev–Trinajstić information content (AvgIpc) is 3.12. The van der Waals surface area contributed by atoms with E-state index >= 15 is 0 Å². The Labute approximate surface area is 179 Å². The van der Waals surface area contributed by atoms with Crippen molar-refractivity contribution >= 4 is 26.8 Å². The molecule has 0 unspecified atom stereocenters. The van der Waals surface area contributed by atoms with E-state index in [1.807, 2.05) is 0 Å². The highest BCUT2D eigenvalue weighted by molar-refractivity contribution is 7.91. The molecule has 1 atom stereocenters. The summed E-state index contributed by atoms with van der Waals surface area (Å²) in [6.07, 6.45) is 1.89. The van der Waals surface area contributed by atoms with E-state index in [9.17, 15) is 18.3 Å². The van der Waals surface area contributed by atoms with Crippen LogP contribution in [0.3, 0.4) is 0 Å². The van der Waals surface area contributed by atoms with E-state index in [4.69, 9.17) is 9.47 Å². The summed E-state index contributed by atoms with van der Waals surface area (Å²) in [6, 6.07) is 11.4. The quantitative estimate of drug-likeness (QED) is 0.608. The number of hydrogen-bond acceptors (Lipinski definition) is 7. The van der Waals surface area contributed by atoms with Gasteiger partial charge in [-0.15, -0.1) is 0 Å². The van der Waals surface area contributed by atoms with Gasteiger partial charge in [0.1, 0.15) is 11.5 Å². The summed E-state index contributed by atoms with van der Waals surface area (Å²) in [7, 11) is -0.103. The maximum Gasteiger partial charge on any atom is 0.265 e. The summed E-state index contributed by atoms with van der Waals surface area (Å²) in [4.78, 5) is 17.7. The zero-order valence-corrected chi connectivity index (χ0v) is 17.9. The van der Waals surface area contributed by atoms with Crippen LogP contribution in [0.5, 0.6) is 17.4 Å². The summed E-state index contributed by atoms with van der Waals surface area (Å²) in [5.74, 6) is 0.657. The van der Waals surface area contributed by atoms with Crippen LogP contribution in [0.25, 0.3) is 16.5 Å². The largest absolute Gasteiger partial charge is 0.497 e. The van der Waals surface area contributed by atoms with Gasteiger partial charge in [0.05, 0.1) is 43.0 Å². The normalized spacial score (nSPS) is 17.9. The van der Waals surface area contributed by atoms with Gasteiger partial charge in [0.25, 0.3) is 5.56 Å². The first kappa shape index (κ1) is 20.9. The monoisotopic (exact) mass is 442 g/mol. The third kappa shape index (κ3) is 3.88. The third-order valence-corrected chi connectivity index (χ3v) is 7.10. The minimum Gasteiger partial charge on any atom is -0.497 e. The molecule has 31 heavy (non-hydrogen) atoms. The summed E-state index contributed by atoms with van der Waals surface area (Å²) in [5.41, 5.74) is 0.254. The standard InChI is InChI=1S/C22H22N2O6S/c1-29-15-7-8-19(20(11-15)30-2)24-21(25)17-6-4-3-5-16(17)18(22(24)26)12-23-14-9-10-31(27,28)13-14/h3-8,11-12,14,26H,9-10,13H2,1-2H3/t14-/m1/s1. The number of aromatic nitrogens is 1. The van der Waals surface area contributed by atoms with Crippen molar-refractivity contribution in [1.29, 1.82) is 0 Å². The van der Waals surface area contributed by atoms with Gasteiger partial charge in [-0.05, 0) is 24.6 Å². The predicted octanol–water partition coefficient (Wildman–Crippen LogP) is 2.32. The second kappa shape index (κ2) is 8.07. The molecule has 1 aliphatic heterocycles. The lowest BCUT2D eigenvalue weighted by molar-refractivity contribution is 0.389. The van der Waals surface area contributed by atoms with E-state index in [1.165, 1.54) is 20.4 Å². The van der Waals surface area contributed by atoms with Crippen LogP contribution in [0.2, 0.25) is 0 Å². The first-order valence-corrected chi connectivity index (χ1v) is 11.5. The van der Waals surface area contributed by atoms with E-state index in [2.05, 4.69) is 4.99 Å². The molecule has 3 aromatic rings. The number of aromatic hydroxyl groups is 1. The molecular formula is C22H22N2O6S. The summed E-state index contributed by atoms with van der Waals surface area (Å²) >= 11 is 0. The van der Waals surface area contributed by atoms with Crippen molar-refractivity contribution in [3.63, 3.8) is 0 Å². The molecule has 0 aliphatic carbocycles. The second-order valence-corrected chi connectivity index (χ2v) is 9.52. The number of pyridine rings is 1. The van der Waals surface area contributed by atoms with Gasteiger partial charge in [-0.25, -0.2) is 13.0 Å². The summed E-state index contributed by atoms with van der Waals surface area (Å²) in [5, 5.41) is 12.0. The molecule has 0 amide bonds. The maximum absolute atomic E-state index is 13.3. The average molecular weight is 442 g/mol. The molecular weight excluding hydrogens is 420 g/mol. The number of hydrogen-bond donors (Lipinski definition) is 1. The highest BCUT2D eigenvalue weighted by Gasteiger charge is 2.27. The fraction of sp³-hybridized carbons (Fsp3) is 0.273. The highest BCUT2D eigenvalue weighted by atomic mass is 32.2. The van der Waals surface area contributed by atoms with Gasteiger partial charge in [0.15, 0.2) is 9.84 Å². The topological polar surface area (TPSA) is 107 Å². The van der Waals surface area contributed by atoms with Crippen LogP contribution in [0.4, 0.5) is 0 Å². The predicted molar refractivity (Wildman–Crippen MR) is 119 cm³/mol. The van der Waals surface area contributed by atoms with Crippen LogP contribution in [0.15, 0.2) is 52.3 Å². The van der Waals surface area contributed by atoms with Gasteiger partial charge in [0, 0.05) is 23.1 Å². The molecule has 0 radical (unpaired) electrons. The molecule has 1 saturated heterocycles. The second-order valence-electron chi connectivity index (χ2n) is 7.30. The Morgan fingerprint density at radius 2 is 1.87 bits per heavy atom.